The minimum absolute atomic E-state index is 0. The Labute approximate surface area is 178 Å². The predicted molar refractivity (Wildman–Crippen MR) is 121 cm³/mol. The Kier molecular flexibility index (Phi) is 9.42. The molecule has 0 aromatic heterocycles. The van der Waals surface area contributed by atoms with Crippen LogP contribution in [0, 0.1) is 6.92 Å². The molecule has 6 nitrogen and oxygen atoms in total. The molecular formula is C18H22BrIN4O2. The van der Waals surface area contributed by atoms with Gasteiger partial charge in [-0.3, -0.25) is 9.79 Å². The Hall–Kier alpha value is -1.81. The summed E-state index contributed by atoms with van der Waals surface area (Å²) >= 11 is 3.39. The zero-order valence-electron chi connectivity index (χ0n) is 14.6. The molecule has 26 heavy (non-hydrogen) atoms. The van der Waals surface area contributed by atoms with Crippen molar-refractivity contribution in [3.63, 3.8) is 0 Å². The second kappa shape index (κ2) is 11.0. The molecule has 140 valence electrons. The summed E-state index contributed by atoms with van der Waals surface area (Å²) in [6.45, 7) is 2.23. The van der Waals surface area contributed by atoms with Crippen molar-refractivity contribution in [2.45, 2.75) is 13.3 Å². The van der Waals surface area contributed by atoms with E-state index in [1.54, 1.807) is 7.11 Å². The van der Waals surface area contributed by atoms with E-state index in [1.165, 1.54) is 0 Å². The Bertz CT molecular complexity index is 784. The van der Waals surface area contributed by atoms with Gasteiger partial charge >= 0.3 is 0 Å². The van der Waals surface area contributed by atoms with E-state index in [0.29, 0.717) is 6.54 Å². The van der Waals surface area contributed by atoms with E-state index in [4.69, 9.17) is 10.5 Å². The number of aryl methyl sites for hydroxylation is 1. The molecule has 0 saturated carbocycles. The number of carbonyl (C=O) groups excluding carboxylic acids is 1. The molecule has 0 bridgehead atoms. The average molecular weight is 533 g/mol. The van der Waals surface area contributed by atoms with E-state index in [1.807, 2.05) is 49.4 Å². The first-order valence-electron chi connectivity index (χ1n) is 7.75. The second-order valence-electron chi connectivity index (χ2n) is 5.38. The Morgan fingerprint density at radius 2 is 2.00 bits per heavy atom. The number of methoxy groups -OCH3 is 1. The second-order valence-corrected chi connectivity index (χ2v) is 6.30. The molecule has 0 aliphatic carbocycles. The summed E-state index contributed by atoms with van der Waals surface area (Å²) in [5.41, 5.74) is 8.40. The SMILES string of the molecule is COc1cccc(NC(N)=NCCC(=O)Nc2cc(Br)ccc2C)c1.I. The molecular weight excluding hydrogens is 511 g/mol. The first kappa shape index (κ1) is 22.2. The van der Waals surface area contributed by atoms with Crippen molar-refractivity contribution >= 4 is 63.1 Å². The molecule has 2 aromatic rings. The van der Waals surface area contributed by atoms with Crippen molar-refractivity contribution in [2.24, 2.45) is 10.7 Å². The van der Waals surface area contributed by atoms with Gasteiger partial charge < -0.3 is 21.1 Å². The average Bonchev–Trinajstić information content (AvgIpc) is 2.58. The number of carbonyl (C=O) groups is 1. The lowest BCUT2D eigenvalue weighted by Crippen LogP contribution is -2.23. The van der Waals surface area contributed by atoms with E-state index < -0.39 is 0 Å². The molecule has 8 heteroatoms. The molecule has 0 saturated heterocycles. The van der Waals surface area contributed by atoms with Crippen molar-refractivity contribution in [3.8, 4) is 5.75 Å². The molecule has 0 aliphatic rings. The highest BCUT2D eigenvalue weighted by atomic mass is 127. The summed E-state index contributed by atoms with van der Waals surface area (Å²) in [4.78, 5) is 16.2. The summed E-state index contributed by atoms with van der Waals surface area (Å²) in [7, 11) is 1.60. The molecule has 0 aliphatic heterocycles. The molecule has 1 amide bonds. The number of benzene rings is 2. The number of nitrogens with one attached hydrogen (secondary N) is 2. The zero-order chi connectivity index (χ0) is 18.2. The number of rotatable bonds is 6. The first-order valence-corrected chi connectivity index (χ1v) is 8.54. The largest absolute Gasteiger partial charge is 0.497 e. The lowest BCUT2D eigenvalue weighted by atomic mass is 10.2. The summed E-state index contributed by atoms with van der Waals surface area (Å²) < 4.78 is 6.06. The maximum atomic E-state index is 12.0. The fourth-order valence-electron chi connectivity index (χ4n) is 2.11. The van der Waals surface area contributed by atoms with Crippen LogP contribution in [0.25, 0.3) is 0 Å². The number of anilines is 2. The van der Waals surface area contributed by atoms with Gasteiger partial charge in [-0.05, 0) is 36.8 Å². The Morgan fingerprint density at radius 1 is 1.23 bits per heavy atom. The van der Waals surface area contributed by atoms with Crippen molar-refractivity contribution in [3.05, 3.63) is 52.5 Å². The number of ether oxygens (including phenoxy) is 1. The molecule has 2 aromatic carbocycles. The number of hydrogen-bond acceptors (Lipinski definition) is 3. The summed E-state index contributed by atoms with van der Waals surface area (Å²) in [6.07, 6.45) is 0.243. The van der Waals surface area contributed by atoms with Crippen LogP contribution in [0.5, 0.6) is 5.75 Å². The number of nitrogens with zero attached hydrogens (tertiary/aromatic N) is 1. The van der Waals surface area contributed by atoms with Gasteiger partial charge in [-0.1, -0.05) is 28.1 Å². The Morgan fingerprint density at radius 3 is 2.73 bits per heavy atom. The summed E-state index contributed by atoms with van der Waals surface area (Å²) in [6, 6.07) is 13.1. The molecule has 2 rings (SSSR count). The highest BCUT2D eigenvalue weighted by molar-refractivity contribution is 14.0. The number of guanidine groups is 1. The van der Waals surface area contributed by atoms with Gasteiger partial charge in [-0.25, -0.2) is 0 Å². The lowest BCUT2D eigenvalue weighted by molar-refractivity contribution is -0.116. The third kappa shape index (κ3) is 7.20. The quantitative estimate of drug-likeness (QED) is 0.296. The number of amides is 1. The summed E-state index contributed by atoms with van der Waals surface area (Å²) in [5.74, 6) is 0.861. The topological polar surface area (TPSA) is 88.7 Å². The van der Waals surface area contributed by atoms with Crippen LogP contribution < -0.4 is 21.1 Å². The molecule has 4 N–H and O–H groups in total. The zero-order valence-corrected chi connectivity index (χ0v) is 18.5. The molecule has 0 atom stereocenters. The van der Waals surface area contributed by atoms with Gasteiger partial charge in [0.25, 0.3) is 0 Å². The van der Waals surface area contributed by atoms with Gasteiger partial charge in [0.15, 0.2) is 5.96 Å². The maximum Gasteiger partial charge on any atom is 0.226 e. The van der Waals surface area contributed by atoms with E-state index in [9.17, 15) is 4.79 Å². The number of aliphatic imine (C=N–C) groups is 1. The van der Waals surface area contributed by atoms with Gasteiger partial charge in [0.1, 0.15) is 5.75 Å². The smallest absolute Gasteiger partial charge is 0.226 e. The molecule has 0 fully saturated rings. The van der Waals surface area contributed by atoms with Gasteiger partial charge in [0, 0.05) is 28.3 Å². The van der Waals surface area contributed by atoms with Crippen LogP contribution in [0.3, 0.4) is 0 Å². The monoisotopic (exact) mass is 532 g/mol. The first-order chi connectivity index (χ1) is 12.0. The molecule has 0 unspecified atom stereocenters. The van der Waals surface area contributed by atoms with Crippen LogP contribution in [0.4, 0.5) is 11.4 Å². The maximum absolute atomic E-state index is 12.0. The van der Waals surface area contributed by atoms with Crippen molar-refractivity contribution in [2.75, 3.05) is 24.3 Å². The standard InChI is InChI=1S/C18H21BrN4O2.HI/c1-12-6-7-13(19)10-16(12)23-17(24)8-9-21-18(20)22-14-4-3-5-15(11-14)25-2;/h3-7,10-11H,8-9H2,1-2H3,(H,23,24)(H3,20,21,22);1H. The third-order valence-electron chi connectivity index (χ3n) is 3.44. The van der Waals surface area contributed by atoms with Crippen molar-refractivity contribution < 1.29 is 9.53 Å². The number of halogens is 2. The van der Waals surface area contributed by atoms with Crippen LogP contribution in [-0.2, 0) is 4.79 Å². The van der Waals surface area contributed by atoms with Crippen LogP contribution >= 0.6 is 39.9 Å². The number of hydrogen-bond donors (Lipinski definition) is 3. The minimum atomic E-state index is -0.112. The van der Waals surface area contributed by atoms with Crippen LogP contribution in [0.2, 0.25) is 0 Å². The van der Waals surface area contributed by atoms with Gasteiger partial charge in [-0.15, -0.1) is 24.0 Å². The minimum Gasteiger partial charge on any atom is -0.497 e. The number of nitrogens with two attached hydrogens (primary N) is 1. The highest BCUT2D eigenvalue weighted by Crippen LogP contribution is 2.20. The normalized spacial score (nSPS) is 10.7. The van der Waals surface area contributed by atoms with Crippen molar-refractivity contribution in [1.29, 1.82) is 0 Å². The van der Waals surface area contributed by atoms with E-state index in [-0.39, 0.29) is 42.3 Å². The lowest BCUT2D eigenvalue weighted by Gasteiger charge is -2.09. The van der Waals surface area contributed by atoms with Crippen LogP contribution in [-0.4, -0.2) is 25.5 Å². The fourth-order valence-corrected chi connectivity index (χ4v) is 2.47. The van der Waals surface area contributed by atoms with Crippen LogP contribution in [0.15, 0.2) is 51.9 Å². The molecule has 0 spiro atoms. The van der Waals surface area contributed by atoms with Gasteiger partial charge in [0.05, 0.1) is 13.7 Å². The van der Waals surface area contributed by atoms with E-state index >= 15 is 0 Å². The predicted octanol–water partition coefficient (Wildman–Crippen LogP) is 4.14. The summed E-state index contributed by atoms with van der Waals surface area (Å²) in [5, 5.41) is 5.84. The fraction of sp³-hybridized carbons (Fsp3) is 0.222. The van der Waals surface area contributed by atoms with E-state index in [2.05, 4.69) is 31.6 Å². The molecule has 0 heterocycles. The van der Waals surface area contributed by atoms with Gasteiger partial charge in [-0.2, -0.15) is 0 Å². The third-order valence-corrected chi connectivity index (χ3v) is 3.93. The molecule has 0 radical (unpaired) electrons. The van der Waals surface area contributed by atoms with E-state index in [0.717, 1.165) is 27.2 Å². The Balaban J connectivity index is 0.00000338. The van der Waals surface area contributed by atoms with Crippen molar-refractivity contribution in [1.82, 2.24) is 0 Å². The highest BCUT2D eigenvalue weighted by Gasteiger charge is 2.05. The van der Waals surface area contributed by atoms with Crippen LogP contribution in [0.1, 0.15) is 12.0 Å². The van der Waals surface area contributed by atoms with Gasteiger partial charge in [0.2, 0.25) is 5.91 Å².